The van der Waals surface area contributed by atoms with Gasteiger partial charge in [-0.1, -0.05) is 47.6 Å². The molecule has 152 valence electrons. The molecular formula is C19H30O6P2. The molecule has 1 aromatic rings. The van der Waals surface area contributed by atoms with Crippen LogP contribution in [0.3, 0.4) is 0 Å². The van der Waals surface area contributed by atoms with E-state index < -0.39 is 20.6 Å². The van der Waals surface area contributed by atoms with Crippen LogP contribution < -0.4 is 0 Å². The molecule has 0 saturated heterocycles. The minimum atomic E-state index is -4.83. The van der Waals surface area contributed by atoms with Gasteiger partial charge >= 0.3 is 15.2 Å². The number of hydrogen-bond donors (Lipinski definition) is 4. The van der Waals surface area contributed by atoms with E-state index in [0.29, 0.717) is 6.42 Å². The third-order valence-electron chi connectivity index (χ3n) is 4.19. The average molecular weight is 416 g/mol. The van der Waals surface area contributed by atoms with Crippen molar-refractivity contribution < 1.29 is 28.7 Å². The van der Waals surface area contributed by atoms with E-state index in [1.807, 2.05) is 24.3 Å². The molecule has 4 N–H and O–H groups in total. The molecule has 1 aromatic carbocycles. The molecule has 0 saturated carbocycles. The van der Waals surface area contributed by atoms with Crippen molar-refractivity contribution >= 4 is 21.3 Å². The van der Waals surface area contributed by atoms with Gasteiger partial charge in [-0.2, -0.15) is 0 Å². The van der Waals surface area contributed by atoms with E-state index in [0.717, 1.165) is 24.0 Å². The summed E-state index contributed by atoms with van der Waals surface area (Å²) in [6, 6.07) is 7.81. The van der Waals surface area contributed by atoms with E-state index in [2.05, 4.69) is 32.9 Å². The Hall–Kier alpha value is -1.00. The first kappa shape index (κ1) is 24.0. The van der Waals surface area contributed by atoms with Crippen molar-refractivity contribution in [2.24, 2.45) is 0 Å². The molecular weight excluding hydrogens is 386 g/mol. The number of allylic oxidation sites excluding steroid dienone is 3. The van der Waals surface area contributed by atoms with Crippen molar-refractivity contribution in [2.75, 3.05) is 0 Å². The van der Waals surface area contributed by atoms with Crippen LogP contribution in [0.25, 0.3) is 6.08 Å². The lowest BCUT2D eigenvalue weighted by Crippen LogP contribution is -2.09. The largest absolute Gasteiger partial charge is 0.340 e. The summed E-state index contributed by atoms with van der Waals surface area (Å²) in [5.74, 6) is 0. The van der Waals surface area contributed by atoms with E-state index in [1.165, 1.54) is 11.1 Å². The monoisotopic (exact) mass is 416 g/mol. The van der Waals surface area contributed by atoms with Crippen LogP contribution >= 0.6 is 15.2 Å². The number of hydrogen-bond acceptors (Lipinski definition) is 2. The van der Waals surface area contributed by atoms with Gasteiger partial charge in [-0.3, -0.25) is 9.13 Å². The Morgan fingerprint density at radius 2 is 1.56 bits per heavy atom. The first-order valence-electron chi connectivity index (χ1n) is 8.89. The summed E-state index contributed by atoms with van der Waals surface area (Å²) in [5.41, 5.74) is 4.64. The van der Waals surface area contributed by atoms with Crippen molar-refractivity contribution in [1.29, 1.82) is 0 Å². The second-order valence-electron chi connectivity index (χ2n) is 7.10. The predicted octanol–water partition coefficient (Wildman–Crippen LogP) is 4.84. The lowest BCUT2D eigenvalue weighted by Gasteiger charge is -2.19. The van der Waals surface area contributed by atoms with Crippen molar-refractivity contribution in [2.45, 2.75) is 58.3 Å². The molecule has 0 fully saturated rings. The fourth-order valence-electron chi connectivity index (χ4n) is 2.75. The van der Waals surface area contributed by atoms with Crippen LogP contribution in [0.5, 0.6) is 0 Å². The van der Waals surface area contributed by atoms with Gasteiger partial charge in [0.1, 0.15) is 0 Å². The maximum absolute atomic E-state index is 11.3. The fourth-order valence-corrected chi connectivity index (χ4v) is 5.35. The van der Waals surface area contributed by atoms with E-state index in [-0.39, 0.29) is 12.8 Å². The molecule has 27 heavy (non-hydrogen) atoms. The number of rotatable bonds is 10. The molecule has 0 unspecified atom stereocenters. The highest BCUT2D eigenvalue weighted by Gasteiger charge is 2.42. The summed E-state index contributed by atoms with van der Waals surface area (Å²) >= 11 is 0. The van der Waals surface area contributed by atoms with Crippen molar-refractivity contribution in [3.05, 3.63) is 52.6 Å². The molecule has 6 nitrogen and oxygen atoms in total. The van der Waals surface area contributed by atoms with Crippen molar-refractivity contribution in [3.8, 4) is 0 Å². The van der Waals surface area contributed by atoms with Crippen LogP contribution in [0.15, 0.2) is 41.5 Å². The predicted molar refractivity (Wildman–Crippen MR) is 110 cm³/mol. The maximum Gasteiger partial charge on any atom is 0.340 e. The SMILES string of the molecule is CC(C)=CCC/C(C)=C/c1ccc(CCCC(P(=O)(O)O)P(=O)(O)O)cc1. The summed E-state index contributed by atoms with van der Waals surface area (Å²) in [5, 5.41) is -1.92. The Balaban J connectivity index is 2.61. The standard InChI is InChI=1S/C19H30O6P2/c1-15(2)6-4-7-16(3)14-18-12-10-17(11-13-18)8-5-9-19(26(20,21)22)27(23,24)25/h6,10-14,19H,4-5,7-9H2,1-3H3,(H2,20,21,22)(H2,23,24,25)/b16-14+. The highest BCUT2D eigenvalue weighted by molar-refractivity contribution is 7.70. The molecule has 0 aliphatic heterocycles. The Labute approximate surface area is 161 Å². The summed E-state index contributed by atoms with van der Waals surface area (Å²) in [4.78, 5) is 36.5. The van der Waals surface area contributed by atoms with Crippen LogP contribution in [0.4, 0.5) is 0 Å². The first-order chi connectivity index (χ1) is 12.4. The third kappa shape index (κ3) is 9.66. The summed E-state index contributed by atoms with van der Waals surface area (Å²) in [7, 11) is -9.67. The second kappa shape index (κ2) is 10.5. The molecule has 0 aliphatic carbocycles. The third-order valence-corrected chi connectivity index (χ3v) is 8.06. The van der Waals surface area contributed by atoms with E-state index in [4.69, 9.17) is 19.6 Å². The van der Waals surface area contributed by atoms with Gasteiger partial charge in [0.25, 0.3) is 0 Å². The molecule has 0 amide bonds. The van der Waals surface area contributed by atoms with Gasteiger partial charge in [-0.25, -0.2) is 0 Å². The Kier molecular flexibility index (Phi) is 9.36. The van der Waals surface area contributed by atoms with Crippen LogP contribution in [-0.2, 0) is 15.6 Å². The first-order valence-corrected chi connectivity index (χ1v) is 12.3. The highest BCUT2D eigenvalue weighted by atomic mass is 31.2. The summed E-state index contributed by atoms with van der Waals surface area (Å²) < 4.78 is 22.5. The fraction of sp³-hybridized carbons (Fsp3) is 0.474. The zero-order valence-corrected chi connectivity index (χ0v) is 17.9. The summed E-state index contributed by atoms with van der Waals surface area (Å²) in [6.45, 7) is 6.26. The smallest absolute Gasteiger partial charge is 0.324 e. The normalized spacial score (nSPS) is 13.1. The van der Waals surface area contributed by atoms with E-state index >= 15 is 0 Å². The minimum absolute atomic E-state index is 0.223. The van der Waals surface area contributed by atoms with Crippen molar-refractivity contribution in [1.82, 2.24) is 0 Å². The number of benzene rings is 1. The molecule has 0 radical (unpaired) electrons. The van der Waals surface area contributed by atoms with Gasteiger partial charge in [0.2, 0.25) is 0 Å². The highest BCUT2D eigenvalue weighted by Crippen LogP contribution is 2.61. The topological polar surface area (TPSA) is 115 Å². The number of aryl methyl sites for hydroxylation is 1. The van der Waals surface area contributed by atoms with Gasteiger partial charge in [0.15, 0.2) is 5.40 Å². The zero-order chi connectivity index (χ0) is 20.7. The Bertz CT molecular complexity index is 729. The van der Waals surface area contributed by atoms with Gasteiger partial charge < -0.3 is 19.6 Å². The van der Waals surface area contributed by atoms with Gasteiger partial charge in [-0.05, 0) is 64.0 Å². The van der Waals surface area contributed by atoms with E-state index in [1.54, 1.807) is 0 Å². The van der Waals surface area contributed by atoms with Crippen LogP contribution in [0.2, 0.25) is 0 Å². The molecule has 0 aromatic heterocycles. The lowest BCUT2D eigenvalue weighted by molar-refractivity contribution is 0.334. The van der Waals surface area contributed by atoms with Gasteiger partial charge in [0.05, 0.1) is 0 Å². The van der Waals surface area contributed by atoms with Crippen molar-refractivity contribution in [3.63, 3.8) is 0 Å². The Morgan fingerprint density at radius 1 is 1.00 bits per heavy atom. The average Bonchev–Trinajstić information content (AvgIpc) is 2.50. The second-order valence-corrected chi connectivity index (χ2v) is 11.1. The summed E-state index contributed by atoms with van der Waals surface area (Å²) in [6.07, 6.45) is 6.92. The van der Waals surface area contributed by atoms with Crippen LogP contribution in [0.1, 0.15) is 57.6 Å². The quantitative estimate of drug-likeness (QED) is 0.320. The molecule has 0 heterocycles. The van der Waals surface area contributed by atoms with Gasteiger partial charge in [-0.15, -0.1) is 0 Å². The maximum atomic E-state index is 11.3. The Morgan fingerprint density at radius 3 is 2.04 bits per heavy atom. The lowest BCUT2D eigenvalue weighted by atomic mass is 10.0. The zero-order valence-electron chi connectivity index (χ0n) is 16.1. The van der Waals surface area contributed by atoms with E-state index in [9.17, 15) is 9.13 Å². The van der Waals surface area contributed by atoms with Crippen LogP contribution in [0, 0.1) is 0 Å². The minimum Gasteiger partial charge on any atom is -0.324 e. The molecule has 0 atom stereocenters. The van der Waals surface area contributed by atoms with Gasteiger partial charge in [0, 0.05) is 0 Å². The molecule has 8 heteroatoms. The molecule has 0 aliphatic rings. The molecule has 0 spiro atoms. The molecule has 1 rings (SSSR count). The molecule has 0 bridgehead atoms. The van der Waals surface area contributed by atoms with Crippen LogP contribution in [-0.4, -0.2) is 25.0 Å².